The number of primary amides is 1. The van der Waals surface area contributed by atoms with Crippen molar-refractivity contribution in [2.45, 2.75) is 83.2 Å². The monoisotopic (exact) mass is 658 g/mol. The Bertz CT molecular complexity index is 1430. The minimum atomic E-state index is -2.70. The molecule has 0 aromatic heterocycles. The summed E-state index contributed by atoms with van der Waals surface area (Å²) >= 11 is 7.23. The van der Waals surface area contributed by atoms with Gasteiger partial charge in [0, 0.05) is 17.0 Å². The van der Waals surface area contributed by atoms with Gasteiger partial charge < -0.3 is 15.3 Å². The molecule has 1 aromatic carbocycles. The van der Waals surface area contributed by atoms with E-state index in [1.807, 2.05) is 19.5 Å². The number of nitrogens with two attached hydrogens (primary N) is 1. The van der Waals surface area contributed by atoms with Gasteiger partial charge in [0.1, 0.15) is 5.75 Å². The van der Waals surface area contributed by atoms with E-state index < -0.39 is 73.4 Å². The van der Waals surface area contributed by atoms with E-state index in [4.69, 9.17) is 21.8 Å². The van der Waals surface area contributed by atoms with Crippen LogP contribution in [0.15, 0.2) is 6.07 Å². The number of likely N-dealkylation sites (N-methyl/N-ethyl adjacent to an activating group) is 1. The Morgan fingerprint density at radius 3 is 2.53 bits per heavy atom. The Morgan fingerprint density at radius 2 is 1.93 bits per heavy atom. The second-order valence-electron chi connectivity index (χ2n) is 14.0. The molecule has 3 N–H and O–H groups in total. The van der Waals surface area contributed by atoms with Gasteiger partial charge in [-0.2, -0.15) is 0 Å². The second-order valence-corrected chi connectivity index (χ2v) is 16.6. The minimum absolute atomic E-state index is 0.0440. The van der Waals surface area contributed by atoms with Crippen molar-refractivity contribution in [2.24, 2.45) is 35.3 Å². The number of hydrogen-bond acceptors (Lipinski definition) is 9. The Hall–Kier alpha value is -2.44. The van der Waals surface area contributed by atoms with Crippen LogP contribution < -0.4 is 10.2 Å². The second kappa shape index (κ2) is 12.6. The highest BCUT2D eigenvalue weighted by Gasteiger charge is 2.69. The molecule has 12 heteroatoms. The number of likely N-dealkylation sites (tertiary alicyclic amines) is 1. The van der Waals surface area contributed by atoms with Gasteiger partial charge in [-0.25, -0.2) is 0 Å². The van der Waals surface area contributed by atoms with E-state index in [0.29, 0.717) is 22.3 Å². The minimum Gasteiger partial charge on any atom is -0.542 e. The molecule has 10 nitrogen and oxygen atoms in total. The van der Waals surface area contributed by atoms with Crippen LogP contribution in [0, 0.1) is 29.6 Å². The van der Waals surface area contributed by atoms with Crippen molar-refractivity contribution < 1.29 is 33.5 Å². The molecule has 5 rings (SSSR count). The van der Waals surface area contributed by atoms with E-state index in [2.05, 4.69) is 18.7 Å². The number of carbonyl (C=O) groups excluding carboxylic acids is 5. The molecule has 0 spiro atoms. The maximum atomic E-state index is 14.4. The highest BCUT2D eigenvalue weighted by molar-refractivity contribution is 6.51. The van der Waals surface area contributed by atoms with Gasteiger partial charge >= 0.3 is 0 Å². The number of rotatable bonds is 9. The van der Waals surface area contributed by atoms with Gasteiger partial charge in [0.2, 0.25) is 5.91 Å². The van der Waals surface area contributed by atoms with Crippen LogP contribution in [0.2, 0.25) is 17.6 Å². The number of carbonyl (C=O) groups is 5. The molecule has 2 saturated carbocycles. The molecule has 1 saturated heterocycles. The zero-order valence-electron chi connectivity index (χ0n) is 27.0. The Labute approximate surface area is 271 Å². The van der Waals surface area contributed by atoms with Crippen LogP contribution in [0.25, 0.3) is 0 Å². The van der Waals surface area contributed by atoms with Crippen molar-refractivity contribution in [3.05, 3.63) is 27.8 Å². The van der Waals surface area contributed by atoms with E-state index in [0.717, 1.165) is 44.0 Å². The third-order valence-electron chi connectivity index (χ3n) is 10.5. The predicted molar refractivity (Wildman–Crippen MR) is 170 cm³/mol. The molecule has 1 aliphatic heterocycles. The molecular formula is C33H45ClN3O7Si. The van der Waals surface area contributed by atoms with Crippen molar-refractivity contribution in [3.8, 4) is 5.75 Å². The van der Waals surface area contributed by atoms with Crippen LogP contribution in [0.4, 0.5) is 0 Å². The van der Waals surface area contributed by atoms with Gasteiger partial charge in [-0.3, -0.25) is 33.8 Å². The molecular weight excluding hydrogens is 614 g/mol. The van der Waals surface area contributed by atoms with Crippen molar-refractivity contribution in [1.29, 1.82) is 0 Å². The van der Waals surface area contributed by atoms with Crippen molar-refractivity contribution in [2.75, 3.05) is 27.2 Å². The number of fused-ring (bicyclic) bond motifs is 3. The Morgan fingerprint density at radius 1 is 1.24 bits per heavy atom. The van der Waals surface area contributed by atoms with E-state index in [9.17, 15) is 29.1 Å². The molecule has 4 aliphatic rings. The van der Waals surface area contributed by atoms with E-state index in [1.54, 1.807) is 14.1 Å². The fourth-order valence-electron chi connectivity index (χ4n) is 8.11. The molecule has 0 bridgehead atoms. The first-order chi connectivity index (χ1) is 21.1. The van der Waals surface area contributed by atoms with Crippen molar-refractivity contribution >= 4 is 49.7 Å². The van der Waals surface area contributed by atoms with Gasteiger partial charge in [0.05, 0.1) is 17.5 Å². The molecule has 7 unspecified atom stereocenters. The third kappa shape index (κ3) is 5.52. The summed E-state index contributed by atoms with van der Waals surface area (Å²) in [5, 5.41) is 12.4. The molecule has 3 aliphatic carbocycles. The maximum absolute atomic E-state index is 14.4. The van der Waals surface area contributed by atoms with Crippen LogP contribution >= 0.6 is 11.6 Å². The van der Waals surface area contributed by atoms with Gasteiger partial charge in [-0.15, -0.1) is 0 Å². The number of hydrogen-bond donors (Lipinski definition) is 2. The summed E-state index contributed by atoms with van der Waals surface area (Å²) in [5.74, 6) is -8.83. The lowest BCUT2D eigenvalue weighted by molar-refractivity contribution is -0.181. The Balaban J connectivity index is 1.63. The molecule has 245 valence electrons. The van der Waals surface area contributed by atoms with Gasteiger partial charge in [0.25, 0.3) is 9.04 Å². The Kier molecular flexibility index (Phi) is 9.52. The van der Waals surface area contributed by atoms with Gasteiger partial charge in [0.15, 0.2) is 34.7 Å². The van der Waals surface area contributed by atoms with Crippen molar-refractivity contribution in [3.63, 3.8) is 0 Å². The molecule has 45 heavy (non-hydrogen) atoms. The first-order valence-corrected chi connectivity index (χ1v) is 18.6. The summed E-state index contributed by atoms with van der Waals surface area (Å²) < 4.78 is 6.45. The summed E-state index contributed by atoms with van der Waals surface area (Å²) in [5.41, 5.74) is 4.52. The maximum Gasteiger partial charge on any atom is 0.277 e. The first-order valence-electron chi connectivity index (χ1n) is 16.1. The standard InChI is InChI=1S/C33H45ClN3O7Si/c1-7-45(6)44-22-15-18(21-9-8-11-37(21)12-10-16(2)3)26(34)19-13-17-14-20-27(36(4)5)29(39)25(32(35)42)31(41)33(20,43)30(40)23(17)28(38)24(19)22/h15-17,20-21,23,25,27,43H,7-14H2,1-6H3,(H2,35,42). The molecule has 1 heterocycles. The number of Topliss-reactive ketones (excluding diaryl/α,β-unsaturated/α-hetero) is 4. The quantitative estimate of drug-likeness (QED) is 0.302. The van der Waals surface area contributed by atoms with E-state index in [-0.39, 0.29) is 24.4 Å². The van der Waals surface area contributed by atoms with Gasteiger partial charge in [-0.1, -0.05) is 32.4 Å². The number of nitrogens with zero attached hydrogens (tertiary/aromatic N) is 2. The summed E-state index contributed by atoms with van der Waals surface area (Å²) in [6, 6.07) is 1.61. The number of amides is 1. The van der Waals surface area contributed by atoms with E-state index in [1.165, 1.54) is 4.90 Å². The van der Waals surface area contributed by atoms with E-state index >= 15 is 0 Å². The van der Waals surface area contributed by atoms with Crippen LogP contribution in [-0.2, 0) is 25.6 Å². The molecule has 3 fully saturated rings. The van der Waals surface area contributed by atoms with Crippen LogP contribution in [0.3, 0.4) is 0 Å². The van der Waals surface area contributed by atoms with Crippen LogP contribution in [-0.4, -0.2) is 91.8 Å². The first kappa shape index (κ1) is 33.9. The normalized spacial score (nSPS) is 31.9. The molecule has 1 amide bonds. The largest absolute Gasteiger partial charge is 0.542 e. The lowest BCUT2D eigenvalue weighted by Crippen LogP contribution is -2.74. The molecule has 1 aromatic rings. The zero-order chi connectivity index (χ0) is 33.1. The van der Waals surface area contributed by atoms with Crippen LogP contribution in [0.1, 0.15) is 74.0 Å². The highest BCUT2D eigenvalue weighted by Crippen LogP contribution is 2.53. The van der Waals surface area contributed by atoms with Crippen LogP contribution in [0.5, 0.6) is 5.75 Å². The predicted octanol–water partition coefficient (Wildman–Crippen LogP) is 3.02. The highest BCUT2D eigenvalue weighted by atomic mass is 35.5. The number of benzene rings is 1. The summed E-state index contributed by atoms with van der Waals surface area (Å²) in [4.78, 5) is 71.9. The fourth-order valence-corrected chi connectivity index (χ4v) is 9.14. The summed E-state index contributed by atoms with van der Waals surface area (Å²) in [6.45, 7) is 10.3. The SMILES string of the molecule is CC[Si](C)Oc1cc(C2CCCN2CCC(C)C)c(Cl)c2c1C(=O)C1C(=O)C3(O)C(=O)C(C(N)=O)C(=O)C(N(C)C)C3CC1C2. The smallest absolute Gasteiger partial charge is 0.277 e. The lowest BCUT2D eigenvalue weighted by atomic mass is 9.52. The summed E-state index contributed by atoms with van der Waals surface area (Å²) in [7, 11) is 1.84. The average Bonchev–Trinajstić information content (AvgIpc) is 3.43. The lowest BCUT2D eigenvalue weighted by Gasteiger charge is -2.52. The number of ketones is 4. The number of aliphatic hydroxyl groups is 1. The summed E-state index contributed by atoms with van der Waals surface area (Å²) in [6.07, 6.45) is 3.31. The fraction of sp³-hybridized carbons (Fsp3) is 0.667. The van der Waals surface area contributed by atoms with Gasteiger partial charge in [-0.05, 0) is 101 Å². The van der Waals surface area contributed by atoms with Crippen molar-refractivity contribution in [1.82, 2.24) is 9.80 Å². The molecule has 1 radical (unpaired) electrons. The number of halogens is 1. The topological polar surface area (TPSA) is 147 Å². The zero-order valence-corrected chi connectivity index (χ0v) is 28.8. The molecule has 7 atom stereocenters. The average molecular weight is 659 g/mol. The third-order valence-corrected chi connectivity index (χ3v) is 12.5.